The Hall–Kier alpha value is -1.52. The number of hydrogen-bond donors (Lipinski definition) is 1. The summed E-state index contributed by atoms with van der Waals surface area (Å²) in [4.78, 5) is 15.4. The van der Waals surface area contributed by atoms with Crippen molar-refractivity contribution in [2.75, 3.05) is 0 Å². The van der Waals surface area contributed by atoms with E-state index >= 15 is 0 Å². The van der Waals surface area contributed by atoms with Gasteiger partial charge in [0.05, 0.1) is 5.03 Å². The minimum Gasteiger partial charge on any atom is -0.349 e. The standard InChI is InChI=1S/C15H10BrNOS/c16-12-5-6-14(11(7-12)9-18)19-15-8-10-3-1-2-4-13(10)17-15/h1-9,17H. The number of hydrogen-bond acceptors (Lipinski definition) is 2. The number of halogens is 1. The minimum absolute atomic E-state index is 0.693. The van der Waals surface area contributed by atoms with Crippen LogP contribution in [-0.2, 0) is 0 Å². The maximum atomic E-state index is 11.1. The molecular weight excluding hydrogens is 322 g/mol. The summed E-state index contributed by atoms with van der Waals surface area (Å²) >= 11 is 4.94. The van der Waals surface area contributed by atoms with E-state index in [4.69, 9.17) is 0 Å². The molecule has 0 saturated carbocycles. The van der Waals surface area contributed by atoms with E-state index in [9.17, 15) is 4.79 Å². The zero-order chi connectivity index (χ0) is 13.2. The van der Waals surface area contributed by atoms with Crippen LogP contribution in [0.15, 0.2) is 62.9 Å². The van der Waals surface area contributed by atoms with Gasteiger partial charge in [0.1, 0.15) is 0 Å². The van der Waals surface area contributed by atoms with Crippen molar-refractivity contribution in [3.8, 4) is 0 Å². The molecule has 3 rings (SSSR count). The van der Waals surface area contributed by atoms with E-state index in [2.05, 4.69) is 33.0 Å². The molecule has 0 spiro atoms. The van der Waals surface area contributed by atoms with Crippen LogP contribution in [0.2, 0.25) is 0 Å². The van der Waals surface area contributed by atoms with E-state index in [0.29, 0.717) is 5.56 Å². The normalized spacial score (nSPS) is 10.8. The van der Waals surface area contributed by atoms with E-state index < -0.39 is 0 Å². The Labute approximate surface area is 123 Å². The van der Waals surface area contributed by atoms with Crippen LogP contribution < -0.4 is 0 Å². The molecule has 0 aliphatic carbocycles. The van der Waals surface area contributed by atoms with Gasteiger partial charge in [-0.2, -0.15) is 0 Å². The number of aldehydes is 1. The Kier molecular flexibility index (Phi) is 3.44. The lowest BCUT2D eigenvalue weighted by molar-refractivity contribution is 0.112. The molecule has 19 heavy (non-hydrogen) atoms. The van der Waals surface area contributed by atoms with Gasteiger partial charge in [-0.05, 0) is 30.3 Å². The zero-order valence-electron chi connectivity index (χ0n) is 9.89. The fraction of sp³-hybridized carbons (Fsp3) is 0. The molecule has 1 heterocycles. The average Bonchev–Trinajstić information content (AvgIpc) is 2.83. The second kappa shape index (κ2) is 5.23. The Balaban J connectivity index is 1.98. The highest BCUT2D eigenvalue weighted by atomic mass is 79.9. The van der Waals surface area contributed by atoms with Crippen molar-refractivity contribution >= 4 is 44.9 Å². The van der Waals surface area contributed by atoms with Crippen LogP contribution in [0.1, 0.15) is 10.4 Å². The molecule has 2 aromatic carbocycles. The Morgan fingerprint density at radius 2 is 1.95 bits per heavy atom. The number of aromatic nitrogens is 1. The van der Waals surface area contributed by atoms with E-state index in [0.717, 1.165) is 26.2 Å². The first-order chi connectivity index (χ1) is 9.26. The number of benzene rings is 2. The smallest absolute Gasteiger partial charge is 0.151 e. The third kappa shape index (κ3) is 2.60. The van der Waals surface area contributed by atoms with Gasteiger partial charge in [-0.3, -0.25) is 4.79 Å². The largest absolute Gasteiger partial charge is 0.349 e. The van der Waals surface area contributed by atoms with Crippen molar-refractivity contribution in [1.82, 2.24) is 4.98 Å². The second-order valence-electron chi connectivity index (χ2n) is 4.12. The average molecular weight is 332 g/mol. The molecule has 0 aliphatic heterocycles. The summed E-state index contributed by atoms with van der Waals surface area (Å²) in [6.45, 7) is 0. The first-order valence-corrected chi connectivity index (χ1v) is 7.37. The summed E-state index contributed by atoms with van der Waals surface area (Å²) in [5.41, 5.74) is 1.80. The minimum atomic E-state index is 0.693. The van der Waals surface area contributed by atoms with Crippen molar-refractivity contribution in [3.05, 3.63) is 58.6 Å². The molecule has 0 bridgehead atoms. The summed E-state index contributed by atoms with van der Waals surface area (Å²) in [5, 5.41) is 2.21. The maximum Gasteiger partial charge on any atom is 0.151 e. The Morgan fingerprint density at radius 3 is 2.74 bits per heavy atom. The Morgan fingerprint density at radius 1 is 1.11 bits per heavy atom. The van der Waals surface area contributed by atoms with E-state index in [1.165, 1.54) is 5.39 Å². The predicted octanol–water partition coefficient (Wildman–Crippen LogP) is 4.89. The summed E-state index contributed by atoms with van der Waals surface area (Å²) < 4.78 is 0.913. The molecule has 3 aromatic rings. The molecule has 1 aromatic heterocycles. The van der Waals surface area contributed by atoms with Gasteiger partial charge in [-0.1, -0.05) is 45.9 Å². The number of fused-ring (bicyclic) bond motifs is 1. The van der Waals surface area contributed by atoms with Crippen molar-refractivity contribution in [3.63, 3.8) is 0 Å². The van der Waals surface area contributed by atoms with Gasteiger partial charge in [0.2, 0.25) is 0 Å². The molecule has 0 fully saturated rings. The van der Waals surface area contributed by atoms with Gasteiger partial charge in [0.25, 0.3) is 0 Å². The summed E-state index contributed by atoms with van der Waals surface area (Å²) in [6.07, 6.45) is 0.885. The summed E-state index contributed by atoms with van der Waals surface area (Å²) in [7, 11) is 0. The van der Waals surface area contributed by atoms with Gasteiger partial charge in [-0.15, -0.1) is 0 Å². The molecule has 0 saturated heterocycles. The highest BCUT2D eigenvalue weighted by Crippen LogP contribution is 2.32. The molecule has 1 N–H and O–H groups in total. The van der Waals surface area contributed by atoms with Crippen molar-refractivity contribution in [1.29, 1.82) is 0 Å². The quantitative estimate of drug-likeness (QED) is 0.693. The number of carbonyl (C=O) groups is 1. The van der Waals surface area contributed by atoms with Crippen molar-refractivity contribution < 1.29 is 4.79 Å². The van der Waals surface area contributed by atoms with E-state index in [1.807, 2.05) is 36.4 Å². The number of para-hydroxylation sites is 1. The highest BCUT2D eigenvalue weighted by molar-refractivity contribution is 9.10. The first kappa shape index (κ1) is 12.5. The molecular formula is C15H10BrNOS. The number of aromatic amines is 1. The monoisotopic (exact) mass is 331 g/mol. The maximum absolute atomic E-state index is 11.1. The number of carbonyl (C=O) groups excluding carboxylic acids is 1. The lowest BCUT2D eigenvalue weighted by Gasteiger charge is -2.03. The third-order valence-corrected chi connectivity index (χ3v) is 4.35. The molecule has 2 nitrogen and oxygen atoms in total. The number of rotatable bonds is 3. The lowest BCUT2D eigenvalue weighted by atomic mass is 10.2. The predicted molar refractivity (Wildman–Crippen MR) is 82.0 cm³/mol. The number of H-pyrrole nitrogens is 1. The molecule has 0 unspecified atom stereocenters. The first-order valence-electron chi connectivity index (χ1n) is 5.76. The highest BCUT2D eigenvalue weighted by Gasteiger charge is 2.07. The van der Waals surface area contributed by atoms with Crippen LogP contribution >= 0.6 is 27.7 Å². The molecule has 0 radical (unpaired) electrons. The second-order valence-corrected chi connectivity index (χ2v) is 6.12. The third-order valence-electron chi connectivity index (χ3n) is 2.82. The molecule has 94 valence electrons. The van der Waals surface area contributed by atoms with Gasteiger partial charge in [-0.25, -0.2) is 0 Å². The van der Waals surface area contributed by atoms with Crippen LogP contribution in [0.25, 0.3) is 10.9 Å². The van der Waals surface area contributed by atoms with Crippen LogP contribution in [0, 0.1) is 0 Å². The van der Waals surface area contributed by atoms with Gasteiger partial charge >= 0.3 is 0 Å². The van der Waals surface area contributed by atoms with Gasteiger partial charge in [0.15, 0.2) is 6.29 Å². The van der Waals surface area contributed by atoms with E-state index in [1.54, 1.807) is 11.8 Å². The molecule has 0 aliphatic rings. The van der Waals surface area contributed by atoms with Crippen LogP contribution in [0.5, 0.6) is 0 Å². The Bertz CT molecular complexity index is 718. The SMILES string of the molecule is O=Cc1cc(Br)ccc1Sc1cc2ccccc2[nH]1. The fourth-order valence-corrected chi connectivity index (χ4v) is 3.25. The van der Waals surface area contributed by atoms with E-state index in [-0.39, 0.29) is 0 Å². The summed E-state index contributed by atoms with van der Waals surface area (Å²) in [5.74, 6) is 0. The molecule has 0 amide bonds. The topological polar surface area (TPSA) is 32.9 Å². The molecule has 4 heteroatoms. The van der Waals surface area contributed by atoms with Crippen molar-refractivity contribution in [2.24, 2.45) is 0 Å². The number of nitrogens with one attached hydrogen (secondary N) is 1. The lowest BCUT2D eigenvalue weighted by Crippen LogP contribution is -1.85. The van der Waals surface area contributed by atoms with Crippen LogP contribution in [0.4, 0.5) is 0 Å². The van der Waals surface area contributed by atoms with Crippen molar-refractivity contribution in [2.45, 2.75) is 9.92 Å². The fourth-order valence-electron chi connectivity index (χ4n) is 1.92. The van der Waals surface area contributed by atoms with Gasteiger partial charge < -0.3 is 4.98 Å². The van der Waals surface area contributed by atoms with Gasteiger partial charge in [0, 0.05) is 25.8 Å². The molecule has 0 atom stereocenters. The summed E-state index contributed by atoms with van der Waals surface area (Å²) in [6, 6.07) is 15.9. The van der Waals surface area contributed by atoms with Crippen LogP contribution in [0.3, 0.4) is 0 Å². The van der Waals surface area contributed by atoms with Crippen LogP contribution in [-0.4, -0.2) is 11.3 Å². The zero-order valence-corrected chi connectivity index (χ0v) is 12.3.